The molecule has 0 bridgehead atoms. The fourth-order valence-electron chi connectivity index (χ4n) is 1.67. The predicted molar refractivity (Wildman–Crippen MR) is 70.1 cm³/mol. The van der Waals surface area contributed by atoms with Crippen LogP contribution in [-0.2, 0) is 6.54 Å². The molecular formula is C12H15N5O. The third kappa shape index (κ3) is 2.60. The van der Waals surface area contributed by atoms with Crippen LogP contribution in [0.25, 0.3) is 0 Å². The minimum absolute atomic E-state index is 0.336. The number of primary amides is 1. The van der Waals surface area contributed by atoms with Gasteiger partial charge in [-0.25, -0.2) is 4.98 Å². The number of benzene rings is 1. The molecule has 0 atom stereocenters. The number of para-hydroxylation sites is 1. The number of anilines is 2. The van der Waals surface area contributed by atoms with Gasteiger partial charge in [0.2, 0.25) is 0 Å². The first-order valence-corrected chi connectivity index (χ1v) is 5.56. The van der Waals surface area contributed by atoms with Crippen molar-refractivity contribution in [3.05, 3.63) is 42.5 Å². The number of nitrogens with one attached hydrogen (secondary N) is 1. The average molecular weight is 245 g/mol. The Morgan fingerprint density at radius 1 is 1.44 bits per heavy atom. The van der Waals surface area contributed by atoms with Gasteiger partial charge in [0.1, 0.15) is 0 Å². The van der Waals surface area contributed by atoms with E-state index in [0.717, 1.165) is 6.54 Å². The highest BCUT2D eigenvalue weighted by Gasteiger charge is 2.08. The van der Waals surface area contributed by atoms with Crippen LogP contribution in [-0.4, -0.2) is 22.0 Å². The molecule has 0 aliphatic carbocycles. The lowest BCUT2D eigenvalue weighted by molar-refractivity contribution is 0.100. The maximum absolute atomic E-state index is 11.1. The minimum atomic E-state index is -0.522. The average Bonchev–Trinajstić information content (AvgIpc) is 2.84. The second kappa shape index (κ2) is 5.22. The fourth-order valence-corrected chi connectivity index (χ4v) is 1.67. The lowest BCUT2D eigenvalue weighted by Gasteiger charge is -2.11. The first-order valence-electron chi connectivity index (χ1n) is 5.56. The van der Waals surface area contributed by atoms with Crippen LogP contribution in [0.3, 0.4) is 0 Å². The van der Waals surface area contributed by atoms with E-state index in [1.165, 1.54) is 0 Å². The summed E-state index contributed by atoms with van der Waals surface area (Å²) in [5.41, 5.74) is 12.5. The number of imidazole rings is 1. The molecule has 0 saturated heterocycles. The zero-order chi connectivity index (χ0) is 13.0. The summed E-state index contributed by atoms with van der Waals surface area (Å²) in [6, 6.07) is 5.17. The van der Waals surface area contributed by atoms with Crippen molar-refractivity contribution in [3.63, 3.8) is 0 Å². The molecule has 0 spiro atoms. The molecule has 2 rings (SSSR count). The van der Waals surface area contributed by atoms with E-state index in [1.54, 1.807) is 24.7 Å². The summed E-state index contributed by atoms with van der Waals surface area (Å²) in [4.78, 5) is 15.1. The van der Waals surface area contributed by atoms with Crippen molar-refractivity contribution in [2.45, 2.75) is 6.54 Å². The topological polar surface area (TPSA) is 99.0 Å². The van der Waals surface area contributed by atoms with Crippen molar-refractivity contribution in [1.29, 1.82) is 0 Å². The molecule has 0 aliphatic rings. The zero-order valence-electron chi connectivity index (χ0n) is 9.84. The van der Waals surface area contributed by atoms with E-state index in [4.69, 9.17) is 11.5 Å². The van der Waals surface area contributed by atoms with Gasteiger partial charge in [-0.2, -0.15) is 0 Å². The normalized spacial score (nSPS) is 10.2. The smallest absolute Gasteiger partial charge is 0.250 e. The van der Waals surface area contributed by atoms with Crippen LogP contribution in [0.4, 0.5) is 11.4 Å². The maximum Gasteiger partial charge on any atom is 0.250 e. The molecule has 1 heterocycles. The molecule has 0 aliphatic heterocycles. The van der Waals surface area contributed by atoms with Crippen LogP contribution < -0.4 is 16.8 Å². The van der Waals surface area contributed by atoms with E-state index in [9.17, 15) is 4.79 Å². The van der Waals surface area contributed by atoms with Gasteiger partial charge in [-0.1, -0.05) is 6.07 Å². The van der Waals surface area contributed by atoms with Crippen LogP contribution in [0, 0.1) is 0 Å². The van der Waals surface area contributed by atoms with Gasteiger partial charge in [0.05, 0.1) is 23.3 Å². The SMILES string of the molecule is NC(=O)c1cccc(NCCn2ccnc2)c1N. The molecule has 5 N–H and O–H groups in total. The quantitative estimate of drug-likeness (QED) is 0.674. The predicted octanol–water partition coefficient (Wildman–Crippen LogP) is 0.676. The van der Waals surface area contributed by atoms with Crippen molar-refractivity contribution in [3.8, 4) is 0 Å². The summed E-state index contributed by atoms with van der Waals surface area (Å²) in [7, 11) is 0. The van der Waals surface area contributed by atoms with E-state index < -0.39 is 5.91 Å². The molecule has 0 saturated carbocycles. The zero-order valence-corrected chi connectivity index (χ0v) is 9.84. The van der Waals surface area contributed by atoms with Gasteiger partial charge < -0.3 is 21.4 Å². The van der Waals surface area contributed by atoms with Gasteiger partial charge in [0.15, 0.2) is 0 Å². The number of hydrogen-bond acceptors (Lipinski definition) is 4. The Balaban J connectivity index is 2.01. The number of rotatable bonds is 5. The van der Waals surface area contributed by atoms with Crippen LogP contribution in [0.15, 0.2) is 36.9 Å². The first kappa shape index (κ1) is 12.0. The standard InChI is InChI=1S/C12H15N5O/c13-11-9(12(14)18)2-1-3-10(11)16-5-7-17-6-4-15-8-17/h1-4,6,8,16H,5,7,13H2,(H2,14,18). The van der Waals surface area contributed by atoms with Crippen molar-refractivity contribution < 1.29 is 4.79 Å². The Labute approximate surface area is 105 Å². The van der Waals surface area contributed by atoms with Gasteiger partial charge >= 0.3 is 0 Å². The summed E-state index contributed by atoms with van der Waals surface area (Å²) in [5.74, 6) is -0.522. The number of nitrogen functional groups attached to an aromatic ring is 1. The Hall–Kier alpha value is -2.50. The Morgan fingerprint density at radius 2 is 2.28 bits per heavy atom. The molecule has 94 valence electrons. The lowest BCUT2D eigenvalue weighted by atomic mass is 10.1. The van der Waals surface area contributed by atoms with Crippen molar-refractivity contribution in [1.82, 2.24) is 9.55 Å². The Bertz CT molecular complexity index is 535. The number of hydrogen-bond donors (Lipinski definition) is 3. The molecule has 1 aromatic heterocycles. The third-order valence-corrected chi connectivity index (χ3v) is 2.62. The molecule has 18 heavy (non-hydrogen) atoms. The van der Waals surface area contributed by atoms with Crippen LogP contribution >= 0.6 is 0 Å². The highest BCUT2D eigenvalue weighted by Crippen LogP contribution is 2.21. The van der Waals surface area contributed by atoms with Gasteiger partial charge in [0.25, 0.3) is 5.91 Å². The Kier molecular flexibility index (Phi) is 3.47. The Morgan fingerprint density at radius 3 is 2.94 bits per heavy atom. The van der Waals surface area contributed by atoms with Crippen molar-refractivity contribution in [2.24, 2.45) is 5.73 Å². The lowest BCUT2D eigenvalue weighted by Crippen LogP contribution is -2.16. The number of nitrogens with two attached hydrogens (primary N) is 2. The van der Waals surface area contributed by atoms with Crippen molar-refractivity contribution in [2.75, 3.05) is 17.6 Å². The van der Waals surface area contributed by atoms with E-state index in [0.29, 0.717) is 23.5 Å². The third-order valence-electron chi connectivity index (χ3n) is 2.62. The summed E-state index contributed by atoms with van der Waals surface area (Å²) >= 11 is 0. The number of aromatic nitrogens is 2. The maximum atomic E-state index is 11.1. The number of nitrogens with zero attached hydrogens (tertiary/aromatic N) is 2. The summed E-state index contributed by atoms with van der Waals surface area (Å²) < 4.78 is 1.95. The molecule has 1 amide bonds. The van der Waals surface area contributed by atoms with Gasteiger partial charge in [-0.3, -0.25) is 4.79 Å². The molecule has 0 unspecified atom stereocenters. The van der Waals surface area contributed by atoms with Crippen LogP contribution in [0.1, 0.15) is 10.4 Å². The molecule has 6 nitrogen and oxygen atoms in total. The summed E-state index contributed by atoms with van der Waals surface area (Å²) in [6.45, 7) is 1.45. The van der Waals surface area contributed by atoms with E-state index in [-0.39, 0.29) is 0 Å². The highest BCUT2D eigenvalue weighted by molar-refractivity contribution is 6.00. The van der Waals surface area contributed by atoms with Gasteiger partial charge in [0, 0.05) is 25.5 Å². The van der Waals surface area contributed by atoms with Crippen LogP contribution in [0.2, 0.25) is 0 Å². The fraction of sp³-hybridized carbons (Fsp3) is 0.167. The largest absolute Gasteiger partial charge is 0.396 e. The number of carbonyl (C=O) groups excluding carboxylic acids is 1. The van der Waals surface area contributed by atoms with Gasteiger partial charge in [-0.15, -0.1) is 0 Å². The molecule has 0 radical (unpaired) electrons. The molecule has 0 fully saturated rings. The minimum Gasteiger partial charge on any atom is -0.396 e. The monoisotopic (exact) mass is 245 g/mol. The van der Waals surface area contributed by atoms with Gasteiger partial charge in [-0.05, 0) is 12.1 Å². The van der Waals surface area contributed by atoms with E-state index >= 15 is 0 Å². The molecular weight excluding hydrogens is 230 g/mol. The molecule has 6 heteroatoms. The van der Waals surface area contributed by atoms with E-state index in [1.807, 2.05) is 16.8 Å². The molecule has 2 aromatic rings. The first-order chi connectivity index (χ1) is 8.68. The van der Waals surface area contributed by atoms with E-state index in [2.05, 4.69) is 10.3 Å². The second-order valence-electron chi connectivity index (χ2n) is 3.86. The highest BCUT2D eigenvalue weighted by atomic mass is 16.1. The summed E-state index contributed by atoms with van der Waals surface area (Å²) in [6.07, 6.45) is 5.35. The number of amides is 1. The van der Waals surface area contributed by atoms with Crippen LogP contribution in [0.5, 0.6) is 0 Å². The number of carbonyl (C=O) groups is 1. The molecule has 1 aromatic carbocycles. The summed E-state index contributed by atoms with van der Waals surface area (Å²) in [5, 5.41) is 3.17. The second-order valence-corrected chi connectivity index (χ2v) is 3.86. The van der Waals surface area contributed by atoms with Crippen molar-refractivity contribution >= 4 is 17.3 Å².